The second-order valence-electron chi connectivity index (χ2n) is 5.45. The van der Waals surface area contributed by atoms with Crippen LogP contribution >= 0.6 is 11.3 Å². The first-order valence-corrected chi connectivity index (χ1v) is 8.10. The number of anilines is 2. The molecule has 2 heterocycles. The Kier molecular flexibility index (Phi) is 3.04. The Morgan fingerprint density at radius 2 is 2.05 bits per heavy atom. The van der Waals surface area contributed by atoms with E-state index in [2.05, 4.69) is 29.2 Å². The van der Waals surface area contributed by atoms with Crippen LogP contribution in [0, 0.1) is 0 Å². The van der Waals surface area contributed by atoms with Crippen LogP contribution in [0.5, 0.6) is 0 Å². The molecule has 0 amide bonds. The first-order valence-electron chi connectivity index (χ1n) is 7.28. The van der Waals surface area contributed by atoms with Crippen LogP contribution in [-0.4, -0.2) is 11.5 Å². The van der Waals surface area contributed by atoms with E-state index in [0.29, 0.717) is 0 Å². The molecule has 3 nitrogen and oxygen atoms in total. The number of rotatable bonds is 2. The Labute approximate surface area is 128 Å². The Bertz CT molecular complexity index is 761. The van der Waals surface area contributed by atoms with Gasteiger partial charge in [-0.25, -0.2) is 4.98 Å². The molecule has 0 unspecified atom stereocenters. The lowest BCUT2D eigenvalue weighted by atomic mass is 10.00. The summed E-state index contributed by atoms with van der Waals surface area (Å²) in [6, 6.07) is 14.6. The van der Waals surface area contributed by atoms with E-state index in [0.717, 1.165) is 37.1 Å². The van der Waals surface area contributed by atoms with Crippen molar-refractivity contribution in [1.82, 2.24) is 4.98 Å². The molecular weight excluding hydrogens is 278 g/mol. The molecular formula is C17H17N3S. The third-order valence-electron chi connectivity index (χ3n) is 4.05. The van der Waals surface area contributed by atoms with Crippen molar-refractivity contribution >= 4 is 32.9 Å². The highest BCUT2D eigenvalue weighted by Gasteiger charge is 2.19. The summed E-state index contributed by atoms with van der Waals surface area (Å²) >= 11 is 1.79. The lowest BCUT2D eigenvalue weighted by Gasteiger charge is -2.31. The predicted molar refractivity (Wildman–Crippen MR) is 89.8 cm³/mol. The topological polar surface area (TPSA) is 42.1 Å². The van der Waals surface area contributed by atoms with Crippen molar-refractivity contribution in [3.05, 3.63) is 53.0 Å². The lowest BCUT2D eigenvalue weighted by Crippen LogP contribution is -2.29. The first kappa shape index (κ1) is 12.7. The van der Waals surface area contributed by atoms with Crippen LogP contribution < -0.4 is 10.6 Å². The summed E-state index contributed by atoms with van der Waals surface area (Å²) < 4.78 is 1.26. The van der Waals surface area contributed by atoms with E-state index in [1.807, 2.05) is 18.2 Å². The fraction of sp³-hybridized carbons (Fsp3) is 0.235. The molecule has 3 aromatic rings. The maximum Gasteiger partial charge on any atom is 0.113 e. The van der Waals surface area contributed by atoms with Crippen LogP contribution in [0.3, 0.4) is 0 Å². The summed E-state index contributed by atoms with van der Waals surface area (Å²) in [6.45, 7) is 1.95. The van der Waals surface area contributed by atoms with Gasteiger partial charge in [0.25, 0.3) is 0 Å². The van der Waals surface area contributed by atoms with E-state index in [1.165, 1.54) is 21.0 Å². The lowest BCUT2D eigenvalue weighted by molar-refractivity contribution is 0.691. The van der Waals surface area contributed by atoms with Crippen LogP contribution in [0.2, 0.25) is 0 Å². The number of nitrogens with two attached hydrogens (primary N) is 1. The molecule has 4 heteroatoms. The van der Waals surface area contributed by atoms with Crippen LogP contribution in [0.25, 0.3) is 10.2 Å². The second kappa shape index (κ2) is 5.04. The maximum absolute atomic E-state index is 6.12. The number of hydrogen-bond donors (Lipinski definition) is 1. The van der Waals surface area contributed by atoms with Gasteiger partial charge in [0.05, 0.1) is 16.8 Å². The number of aromatic nitrogens is 1. The number of benzene rings is 2. The van der Waals surface area contributed by atoms with E-state index in [4.69, 9.17) is 10.7 Å². The average Bonchev–Trinajstić information content (AvgIpc) is 2.90. The van der Waals surface area contributed by atoms with E-state index < -0.39 is 0 Å². The summed E-state index contributed by atoms with van der Waals surface area (Å²) in [6.07, 6.45) is 2.24. The largest absolute Gasteiger partial charge is 0.398 e. The van der Waals surface area contributed by atoms with Gasteiger partial charge < -0.3 is 10.6 Å². The minimum absolute atomic E-state index is 0.871. The molecule has 0 radical (unpaired) electrons. The highest BCUT2D eigenvalue weighted by Crippen LogP contribution is 2.33. The number of thiazole rings is 1. The molecule has 0 spiro atoms. The molecule has 0 saturated carbocycles. The normalized spacial score (nSPS) is 14.4. The number of fused-ring (bicyclic) bond motifs is 2. The summed E-state index contributed by atoms with van der Waals surface area (Å²) in [5, 5.41) is 1.17. The molecule has 1 aliphatic rings. The van der Waals surface area contributed by atoms with Crippen molar-refractivity contribution in [2.24, 2.45) is 0 Å². The number of nitrogen functional groups attached to an aromatic ring is 1. The number of hydrogen-bond acceptors (Lipinski definition) is 4. The highest BCUT2D eigenvalue weighted by molar-refractivity contribution is 7.18. The SMILES string of the molecule is Nc1cccc2c1CCCN2Cc1nc2ccccc2s1. The van der Waals surface area contributed by atoms with Gasteiger partial charge in [-0.3, -0.25) is 0 Å². The van der Waals surface area contributed by atoms with Gasteiger partial charge in [0.2, 0.25) is 0 Å². The molecule has 0 saturated heterocycles. The third kappa shape index (κ3) is 2.25. The van der Waals surface area contributed by atoms with Crippen molar-refractivity contribution in [2.75, 3.05) is 17.2 Å². The van der Waals surface area contributed by atoms with Crippen LogP contribution in [0.15, 0.2) is 42.5 Å². The number of para-hydroxylation sites is 1. The van der Waals surface area contributed by atoms with Gasteiger partial charge in [-0.2, -0.15) is 0 Å². The monoisotopic (exact) mass is 295 g/mol. The van der Waals surface area contributed by atoms with Crippen molar-refractivity contribution in [2.45, 2.75) is 19.4 Å². The molecule has 21 heavy (non-hydrogen) atoms. The average molecular weight is 295 g/mol. The van der Waals surface area contributed by atoms with Gasteiger partial charge >= 0.3 is 0 Å². The molecule has 2 N–H and O–H groups in total. The molecule has 4 rings (SSSR count). The van der Waals surface area contributed by atoms with E-state index in [1.54, 1.807) is 11.3 Å². The van der Waals surface area contributed by atoms with Gasteiger partial charge in [-0.1, -0.05) is 18.2 Å². The molecule has 1 aromatic heterocycles. The summed E-state index contributed by atoms with van der Waals surface area (Å²) in [5.41, 5.74) is 10.7. The zero-order chi connectivity index (χ0) is 14.2. The Hall–Kier alpha value is -2.07. The third-order valence-corrected chi connectivity index (χ3v) is 5.07. The Balaban J connectivity index is 1.68. The van der Waals surface area contributed by atoms with Crippen LogP contribution in [0.1, 0.15) is 17.0 Å². The summed E-state index contributed by atoms with van der Waals surface area (Å²) in [4.78, 5) is 7.16. The molecule has 0 fully saturated rings. The molecule has 106 valence electrons. The van der Waals surface area contributed by atoms with E-state index >= 15 is 0 Å². The van der Waals surface area contributed by atoms with Crippen molar-refractivity contribution in [3.63, 3.8) is 0 Å². The number of nitrogens with zero attached hydrogens (tertiary/aromatic N) is 2. The zero-order valence-electron chi connectivity index (χ0n) is 11.7. The van der Waals surface area contributed by atoms with Gasteiger partial charge in [-0.05, 0) is 42.7 Å². The van der Waals surface area contributed by atoms with Gasteiger partial charge in [0.1, 0.15) is 5.01 Å². The Morgan fingerprint density at radius 3 is 2.95 bits per heavy atom. The second-order valence-corrected chi connectivity index (χ2v) is 6.56. The smallest absolute Gasteiger partial charge is 0.113 e. The minimum atomic E-state index is 0.871. The van der Waals surface area contributed by atoms with Gasteiger partial charge in [0, 0.05) is 17.9 Å². The molecule has 0 aliphatic carbocycles. The predicted octanol–water partition coefficient (Wildman–Crippen LogP) is 3.83. The van der Waals surface area contributed by atoms with Crippen molar-refractivity contribution < 1.29 is 0 Å². The van der Waals surface area contributed by atoms with Crippen LogP contribution in [-0.2, 0) is 13.0 Å². The van der Waals surface area contributed by atoms with Crippen molar-refractivity contribution in [3.8, 4) is 0 Å². The first-order chi connectivity index (χ1) is 10.3. The fourth-order valence-corrected chi connectivity index (χ4v) is 4.03. The highest BCUT2D eigenvalue weighted by atomic mass is 32.1. The zero-order valence-corrected chi connectivity index (χ0v) is 12.6. The minimum Gasteiger partial charge on any atom is -0.398 e. The van der Waals surface area contributed by atoms with Gasteiger partial charge in [0.15, 0.2) is 0 Å². The van der Waals surface area contributed by atoms with Gasteiger partial charge in [-0.15, -0.1) is 11.3 Å². The maximum atomic E-state index is 6.12. The standard InChI is InChI=1S/C17H17N3S/c18-13-6-3-8-15-12(13)5-4-10-20(15)11-17-19-14-7-1-2-9-16(14)21-17/h1-3,6-9H,4-5,10-11,18H2. The van der Waals surface area contributed by atoms with Crippen LogP contribution in [0.4, 0.5) is 11.4 Å². The van der Waals surface area contributed by atoms with E-state index in [-0.39, 0.29) is 0 Å². The van der Waals surface area contributed by atoms with Crippen molar-refractivity contribution in [1.29, 1.82) is 0 Å². The fourth-order valence-electron chi connectivity index (χ4n) is 3.04. The van der Waals surface area contributed by atoms with E-state index in [9.17, 15) is 0 Å². The summed E-state index contributed by atoms with van der Waals surface area (Å²) in [5.74, 6) is 0. The molecule has 0 bridgehead atoms. The summed E-state index contributed by atoms with van der Waals surface area (Å²) in [7, 11) is 0. The Morgan fingerprint density at radius 1 is 1.14 bits per heavy atom. The quantitative estimate of drug-likeness (QED) is 0.731. The molecule has 1 aliphatic heterocycles. The molecule has 0 atom stereocenters. The molecule has 2 aromatic carbocycles.